The Bertz CT molecular complexity index is 1220. The van der Waals surface area contributed by atoms with Crippen molar-refractivity contribution in [2.45, 2.75) is 18.5 Å². The molecule has 4 aromatic rings. The van der Waals surface area contributed by atoms with E-state index < -0.39 is 24.2 Å². The smallest absolute Gasteiger partial charge is 0.404 e. The summed E-state index contributed by atoms with van der Waals surface area (Å²) >= 11 is 0. The Hall–Kier alpha value is -4.66. The van der Waals surface area contributed by atoms with Crippen LogP contribution in [0.1, 0.15) is 23.1 Å². The topological polar surface area (TPSA) is 111 Å². The van der Waals surface area contributed by atoms with E-state index >= 15 is 0 Å². The Kier molecular flexibility index (Phi) is 8.15. The van der Waals surface area contributed by atoms with Crippen LogP contribution in [0.2, 0.25) is 0 Å². The second kappa shape index (κ2) is 11.9. The number of aromatic nitrogens is 2. The van der Waals surface area contributed by atoms with E-state index in [9.17, 15) is 14.0 Å². The minimum absolute atomic E-state index is 0.0164. The van der Waals surface area contributed by atoms with Gasteiger partial charge in [0.15, 0.2) is 0 Å². The fourth-order valence-electron chi connectivity index (χ4n) is 4.27. The number of hydrogen-bond donors (Lipinski definition) is 3. The first-order valence-corrected chi connectivity index (χ1v) is 11.8. The lowest BCUT2D eigenvalue weighted by atomic mass is 9.77. The number of anilines is 2. The lowest BCUT2D eigenvalue weighted by Gasteiger charge is -2.38. The van der Waals surface area contributed by atoms with E-state index in [0.717, 1.165) is 16.7 Å². The predicted molar refractivity (Wildman–Crippen MR) is 140 cm³/mol. The molecule has 0 aliphatic rings. The third kappa shape index (κ3) is 5.78. The largest absolute Gasteiger partial charge is 0.449 e. The van der Waals surface area contributed by atoms with Crippen LogP contribution in [-0.4, -0.2) is 35.1 Å². The highest BCUT2D eigenvalue weighted by atomic mass is 19.1. The average Bonchev–Trinajstić information content (AvgIpc) is 3.29. The van der Waals surface area contributed by atoms with Crippen molar-refractivity contribution in [1.29, 1.82) is 0 Å². The molecular weight excluding hydrogens is 473 g/mol. The van der Waals surface area contributed by atoms with Crippen LogP contribution in [0.3, 0.4) is 0 Å². The molecule has 4 rings (SSSR count). The monoisotopic (exact) mass is 501 g/mol. The van der Waals surface area contributed by atoms with Crippen molar-refractivity contribution in [2.24, 2.45) is 5.73 Å². The van der Waals surface area contributed by atoms with Gasteiger partial charge in [0.05, 0.1) is 19.2 Å². The van der Waals surface area contributed by atoms with Gasteiger partial charge in [-0.25, -0.2) is 13.9 Å². The van der Waals surface area contributed by atoms with Crippen molar-refractivity contribution in [3.63, 3.8) is 0 Å². The maximum atomic E-state index is 13.5. The predicted octanol–water partition coefficient (Wildman–Crippen LogP) is 4.68. The Morgan fingerprint density at radius 2 is 1.41 bits per heavy atom. The summed E-state index contributed by atoms with van der Waals surface area (Å²) in [5, 5.41) is 10.8. The van der Waals surface area contributed by atoms with Gasteiger partial charge in [0.1, 0.15) is 30.3 Å². The molecule has 0 saturated carbocycles. The summed E-state index contributed by atoms with van der Waals surface area (Å²) in [5.74, 6) is 0.0206. The standard InChI is InChI=1S/C28H28FN5O3/c29-17-18-34-26(24(20-31-34)32-25(35)16-19-37-27(30)36)33-28(21-10-4-1-5-11-21,22-12-6-2-7-13-22)23-14-8-3-9-15-23/h1-15,20,33H,16-19H2,(H2,30,36)(H,32,35). The van der Waals surface area contributed by atoms with Gasteiger partial charge in [0.25, 0.3) is 0 Å². The van der Waals surface area contributed by atoms with Crippen LogP contribution in [0.4, 0.5) is 20.7 Å². The van der Waals surface area contributed by atoms with Gasteiger partial charge in [-0.15, -0.1) is 0 Å². The molecule has 2 amide bonds. The summed E-state index contributed by atoms with van der Waals surface area (Å²) in [6.07, 6.45) is 0.415. The van der Waals surface area contributed by atoms with Crippen LogP contribution in [0, 0.1) is 0 Å². The lowest BCUT2D eigenvalue weighted by Crippen LogP contribution is -2.39. The molecule has 0 atom stereocenters. The van der Waals surface area contributed by atoms with Crippen LogP contribution >= 0.6 is 0 Å². The second-order valence-electron chi connectivity index (χ2n) is 8.26. The van der Waals surface area contributed by atoms with Crippen molar-refractivity contribution in [1.82, 2.24) is 9.78 Å². The molecule has 4 N–H and O–H groups in total. The molecule has 190 valence electrons. The molecule has 9 heteroatoms. The van der Waals surface area contributed by atoms with E-state index in [1.54, 1.807) is 0 Å². The quantitative estimate of drug-likeness (QED) is 0.259. The summed E-state index contributed by atoms with van der Waals surface area (Å²) in [6, 6.07) is 29.7. The van der Waals surface area contributed by atoms with Gasteiger partial charge >= 0.3 is 6.09 Å². The molecule has 1 aromatic heterocycles. The summed E-state index contributed by atoms with van der Waals surface area (Å²) < 4.78 is 19.7. The third-order valence-electron chi connectivity index (χ3n) is 5.91. The molecular formula is C28H28FN5O3. The summed E-state index contributed by atoms with van der Waals surface area (Å²) in [6.45, 7) is -0.826. The number of nitrogens with one attached hydrogen (secondary N) is 2. The number of primary amides is 1. The molecule has 0 fully saturated rings. The van der Waals surface area contributed by atoms with Crippen molar-refractivity contribution in [3.8, 4) is 0 Å². The first kappa shape index (κ1) is 25.4. The van der Waals surface area contributed by atoms with Crippen molar-refractivity contribution >= 4 is 23.5 Å². The number of benzene rings is 3. The van der Waals surface area contributed by atoms with Crippen LogP contribution < -0.4 is 16.4 Å². The van der Waals surface area contributed by atoms with Gasteiger partial charge in [0, 0.05) is 0 Å². The number of halogens is 1. The van der Waals surface area contributed by atoms with Gasteiger partial charge in [-0.3, -0.25) is 4.79 Å². The summed E-state index contributed by atoms with van der Waals surface area (Å²) in [7, 11) is 0. The molecule has 1 heterocycles. The van der Waals surface area contributed by atoms with Gasteiger partial charge in [-0.05, 0) is 16.7 Å². The number of rotatable bonds is 11. The molecule has 0 radical (unpaired) electrons. The zero-order valence-corrected chi connectivity index (χ0v) is 20.1. The molecule has 0 saturated heterocycles. The van der Waals surface area contributed by atoms with Crippen LogP contribution in [0.25, 0.3) is 0 Å². The minimum atomic E-state index is -0.954. The first-order chi connectivity index (χ1) is 18.0. The number of ether oxygens (including phenoxy) is 1. The zero-order chi connectivity index (χ0) is 26.1. The lowest BCUT2D eigenvalue weighted by molar-refractivity contribution is -0.116. The molecule has 0 spiro atoms. The number of carbonyl (C=O) groups excluding carboxylic acids is 2. The number of nitrogens with zero attached hydrogens (tertiary/aromatic N) is 2. The first-order valence-electron chi connectivity index (χ1n) is 11.8. The number of alkyl halides is 1. The highest BCUT2D eigenvalue weighted by molar-refractivity contribution is 5.94. The number of hydrogen-bond acceptors (Lipinski definition) is 5. The molecule has 0 unspecified atom stereocenters. The van der Waals surface area contributed by atoms with Crippen molar-refractivity contribution < 1.29 is 18.7 Å². The minimum Gasteiger partial charge on any atom is -0.449 e. The van der Waals surface area contributed by atoms with Crippen LogP contribution in [0.15, 0.2) is 97.2 Å². The number of aryl methyl sites for hydroxylation is 1. The zero-order valence-electron chi connectivity index (χ0n) is 20.1. The maximum Gasteiger partial charge on any atom is 0.404 e. The van der Waals surface area contributed by atoms with E-state index in [1.807, 2.05) is 91.0 Å². The molecule has 3 aromatic carbocycles. The van der Waals surface area contributed by atoms with Gasteiger partial charge in [-0.1, -0.05) is 91.0 Å². The number of nitrogens with two attached hydrogens (primary N) is 1. The fraction of sp³-hybridized carbons (Fsp3) is 0.179. The number of carbonyl (C=O) groups is 2. The summed E-state index contributed by atoms with van der Waals surface area (Å²) in [4.78, 5) is 23.4. The summed E-state index contributed by atoms with van der Waals surface area (Å²) in [5.41, 5.74) is 7.24. The average molecular weight is 502 g/mol. The Labute approximate surface area is 214 Å². The fourth-order valence-corrected chi connectivity index (χ4v) is 4.27. The van der Waals surface area contributed by atoms with Crippen molar-refractivity contribution in [3.05, 3.63) is 114 Å². The SMILES string of the molecule is NC(=O)OCCC(=O)Nc1cnn(CCF)c1NC(c1ccccc1)(c1ccccc1)c1ccccc1. The Morgan fingerprint density at radius 3 is 1.86 bits per heavy atom. The molecule has 37 heavy (non-hydrogen) atoms. The second-order valence-corrected chi connectivity index (χ2v) is 8.26. The maximum absolute atomic E-state index is 13.5. The molecule has 8 nitrogen and oxygen atoms in total. The van der Waals surface area contributed by atoms with Gasteiger partial charge < -0.3 is 21.1 Å². The van der Waals surface area contributed by atoms with E-state index in [2.05, 4.69) is 20.5 Å². The van der Waals surface area contributed by atoms with Gasteiger partial charge in [0.2, 0.25) is 5.91 Å². The highest BCUT2D eigenvalue weighted by Gasteiger charge is 2.38. The van der Waals surface area contributed by atoms with Crippen molar-refractivity contribution in [2.75, 3.05) is 23.9 Å². The Morgan fingerprint density at radius 1 is 0.892 bits per heavy atom. The normalized spacial score (nSPS) is 11.1. The molecule has 0 aliphatic heterocycles. The van der Waals surface area contributed by atoms with E-state index in [4.69, 9.17) is 5.73 Å². The number of amides is 2. The highest BCUT2D eigenvalue weighted by Crippen LogP contribution is 2.41. The third-order valence-corrected chi connectivity index (χ3v) is 5.91. The van der Waals surface area contributed by atoms with E-state index in [1.165, 1.54) is 10.9 Å². The van der Waals surface area contributed by atoms with Crippen LogP contribution in [0.5, 0.6) is 0 Å². The van der Waals surface area contributed by atoms with Gasteiger partial charge in [-0.2, -0.15) is 5.10 Å². The molecule has 0 bridgehead atoms. The Balaban J connectivity index is 1.83. The van der Waals surface area contributed by atoms with E-state index in [-0.39, 0.29) is 19.6 Å². The van der Waals surface area contributed by atoms with Crippen LogP contribution in [-0.2, 0) is 21.6 Å². The molecule has 0 aliphatic carbocycles. The van der Waals surface area contributed by atoms with E-state index in [0.29, 0.717) is 11.5 Å².